The molecule has 0 N–H and O–H groups in total. The number of hydrogen-bond donors (Lipinski definition) is 0. The SMILES string of the molecule is O=P([O-])([O-])F.O=P([O-])([O-])F.O=P([O-])([O-])F.[Li+].[Li+].[Ti+4]. The van der Waals surface area contributed by atoms with Crippen LogP contribution in [0.5, 0.6) is 0 Å². The summed E-state index contributed by atoms with van der Waals surface area (Å²) in [5, 5.41) is 0. The van der Waals surface area contributed by atoms with Crippen LogP contribution in [-0.2, 0) is 35.4 Å². The molecule has 96 valence electrons. The van der Waals surface area contributed by atoms with Gasteiger partial charge in [-0.1, -0.05) is 0 Å². The molecule has 0 radical (unpaired) electrons. The average molecular weight is 356 g/mol. The number of rotatable bonds is 0. The molecule has 9 nitrogen and oxygen atoms in total. The van der Waals surface area contributed by atoms with Crippen LogP contribution in [-0.4, -0.2) is 0 Å². The Morgan fingerprint density at radius 3 is 0.556 bits per heavy atom. The fraction of sp³-hybridized carbons (Fsp3) is 0. The van der Waals surface area contributed by atoms with Crippen molar-refractivity contribution in [3.8, 4) is 0 Å². The van der Waals surface area contributed by atoms with Gasteiger partial charge in [-0.05, 0) is 0 Å². The molecular weight excluding hydrogens is 356 g/mol. The van der Waals surface area contributed by atoms with E-state index in [2.05, 4.69) is 0 Å². The zero-order valence-electron chi connectivity index (χ0n) is 8.65. The van der Waals surface area contributed by atoms with Crippen LogP contribution in [0.25, 0.3) is 0 Å². The Bertz CT molecular complexity index is 221. The van der Waals surface area contributed by atoms with Gasteiger partial charge >= 0.3 is 59.4 Å². The molecule has 0 unspecified atom stereocenters. The van der Waals surface area contributed by atoms with Crippen molar-refractivity contribution in [2.75, 3.05) is 0 Å². The second kappa shape index (κ2) is 15.5. The average Bonchev–Trinajstić information content (AvgIpc) is 1.41. The standard InChI is InChI=1S/3FH2O3P.2Li.Ti/c3*1-5(2,3)4;;;/h3*(H2,2,3,4);;;/q;;;2*+1;+4/p-6. The summed E-state index contributed by atoms with van der Waals surface area (Å²) in [6, 6.07) is 0. The summed E-state index contributed by atoms with van der Waals surface area (Å²) in [4.78, 5) is 50.6. The molecule has 18 heavy (non-hydrogen) atoms. The van der Waals surface area contributed by atoms with Crippen LogP contribution >= 0.6 is 23.7 Å². The van der Waals surface area contributed by atoms with Gasteiger partial charge in [0, 0.05) is 0 Å². The molecule has 0 fully saturated rings. The fourth-order valence-corrected chi connectivity index (χ4v) is 0. The van der Waals surface area contributed by atoms with Gasteiger partial charge in [-0.15, -0.1) is 0 Å². The maximum Gasteiger partial charge on any atom is 4.00 e. The third-order valence-electron chi connectivity index (χ3n) is 0. The topological polar surface area (TPSA) is 190 Å². The maximum absolute atomic E-state index is 10.1. The molecule has 18 heteroatoms. The van der Waals surface area contributed by atoms with E-state index >= 15 is 0 Å². The summed E-state index contributed by atoms with van der Waals surface area (Å²) in [6.07, 6.45) is 0. The second-order valence-electron chi connectivity index (χ2n) is 1.29. The van der Waals surface area contributed by atoms with E-state index in [1.165, 1.54) is 0 Å². The smallest absolute Gasteiger partial charge is 0.786 e. The zero-order valence-corrected chi connectivity index (χ0v) is 12.9. The minimum atomic E-state index is -5.64. The van der Waals surface area contributed by atoms with Crippen molar-refractivity contribution in [1.82, 2.24) is 0 Å². The Hall–Kier alpha value is 2.15. The van der Waals surface area contributed by atoms with Crippen LogP contribution < -0.4 is 67.1 Å². The Balaban J connectivity index is -0.0000000277. The largest absolute Gasteiger partial charge is 4.00 e. The van der Waals surface area contributed by atoms with Crippen molar-refractivity contribution in [3.05, 3.63) is 0 Å². The van der Waals surface area contributed by atoms with Crippen molar-refractivity contribution in [2.45, 2.75) is 0 Å². The van der Waals surface area contributed by atoms with Gasteiger partial charge in [-0.2, -0.15) is 0 Å². The molecule has 0 heterocycles. The van der Waals surface area contributed by atoms with Crippen molar-refractivity contribution in [1.29, 1.82) is 0 Å². The monoisotopic (exact) mass is 356 g/mol. The molecule has 0 bridgehead atoms. The van der Waals surface area contributed by atoms with Crippen molar-refractivity contribution >= 4 is 23.7 Å². The third-order valence-corrected chi connectivity index (χ3v) is 0. The molecular formula is F3Li2O9P3Ti. The summed E-state index contributed by atoms with van der Waals surface area (Å²) < 4.78 is 55.7. The van der Waals surface area contributed by atoms with Crippen molar-refractivity contribution < 1.29 is 115 Å². The van der Waals surface area contributed by atoms with Gasteiger partial charge in [0.05, 0.1) is 0 Å². The molecule has 0 aromatic carbocycles. The summed E-state index contributed by atoms with van der Waals surface area (Å²) >= 11 is 0. The molecule has 0 aliphatic carbocycles. The first kappa shape index (κ1) is 36.9. The summed E-state index contributed by atoms with van der Waals surface area (Å²) in [5.41, 5.74) is 0. The van der Waals surface area contributed by atoms with Gasteiger partial charge in [-0.3, -0.25) is 0 Å². The van der Waals surface area contributed by atoms with E-state index in [1.807, 2.05) is 0 Å². The summed E-state index contributed by atoms with van der Waals surface area (Å²) in [7, 11) is -16.9. The van der Waals surface area contributed by atoms with Crippen LogP contribution in [0.15, 0.2) is 0 Å². The fourth-order valence-electron chi connectivity index (χ4n) is 0. The Morgan fingerprint density at radius 1 is 0.556 bits per heavy atom. The minimum Gasteiger partial charge on any atom is -0.786 e. The summed E-state index contributed by atoms with van der Waals surface area (Å²) in [5.74, 6) is 0. The van der Waals surface area contributed by atoms with Gasteiger partial charge in [-0.25, -0.2) is 12.6 Å². The first-order valence-electron chi connectivity index (χ1n) is 2.15. The van der Waals surface area contributed by atoms with Crippen molar-refractivity contribution in [2.24, 2.45) is 0 Å². The predicted octanol–water partition coefficient (Wildman–Crippen LogP) is -9.64. The first-order chi connectivity index (χ1) is 6.00. The quantitative estimate of drug-likeness (QED) is 0.300. The molecule has 0 aromatic rings. The van der Waals surface area contributed by atoms with Crippen LogP contribution in [0.2, 0.25) is 0 Å². The molecule has 0 atom stereocenters. The van der Waals surface area contributed by atoms with E-state index in [-0.39, 0.29) is 59.4 Å². The zero-order chi connectivity index (χ0) is 13.5. The minimum absolute atomic E-state index is 0. The molecule has 0 saturated carbocycles. The predicted molar refractivity (Wildman–Crippen MR) is 26.1 cm³/mol. The van der Waals surface area contributed by atoms with Crippen LogP contribution in [0, 0.1) is 0 Å². The Labute approximate surface area is 138 Å². The van der Waals surface area contributed by atoms with E-state index < -0.39 is 23.7 Å². The normalized spacial score (nSPS) is 9.83. The van der Waals surface area contributed by atoms with E-state index in [1.54, 1.807) is 0 Å². The summed E-state index contributed by atoms with van der Waals surface area (Å²) in [6.45, 7) is 0. The van der Waals surface area contributed by atoms with Crippen LogP contribution in [0.1, 0.15) is 0 Å². The number of hydrogen-bond acceptors (Lipinski definition) is 9. The number of halogens is 3. The molecule has 0 aliphatic heterocycles. The first-order valence-corrected chi connectivity index (χ1v) is 6.45. The van der Waals surface area contributed by atoms with E-state index in [0.29, 0.717) is 0 Å². The molecule has 0 amide bonds. The third kappa shape index (κ3) is 1160. The molecule has 0 saturated heterocycles. The van der Waals surface area contributed by atoms with Gasteiger partial charge in [0.25, 0.3) is 0 Å². The molecule has 0 rings (SSSR count). The Kier molecular flexibility index (Phi) is 31.9. The van der Waals surface area contributed by atoms with E-state index in [9.17, 15) is 12.6 Å². The second-order valence-corrected chi connectivity index (χ2v) is 3.88. The van der Waals surface area contributed by atoms with Crippen molar-refractivity contribution in [3.63, 3.8) is 0 Å². The van der Waals surface area contributed by atoms with Gasteiger partial charge < -0.3 is 43.1 Å². The molecule has 0 aromatic heterocycles. The van der Waals surface area contributed by atoms with Gasteiger partial charge in [0.2, 0.25) is 0 Å². The van der Waals surface area contributed by atoms with Gasteiger partial charge in [0.1, 0.15) is 23.7 Å². The van der Waals surface area contributed by atoms with Gasteiger partial charge in [0.15, 0.2) is 0 Å². The van der Waals surface area contributed by atoms with Crippen LogP contribution in [0.4, 0.5) is 12.6 Å². The molecule has 0 aliphatic rings. The molecule has 0 spiro atoms. The van der Waals surface area contributed by atoms with E-state index in [4.69, 9.17) is 43.1 Å². The Morgan fingerprint density at radius 2 is 0.556 bits per heavy atom. The van der Waals surface area contributed by atoms with Crippen LogP contribution in [0.3, 0.4) is 0 Å². The maximum atomic E-state index is 10.1. The van der Waals surface area contributed by atoms with E-state index in [0.717, 1.165) is 0 Å².